The topological polar surface area (TPSA) is 59.5 Å². The summed E-state index contributed by atoms with van der Waals surface area (Å²) in [6.07, 6.45) is 7.79. The molecule has 5 nitrogen and oxygen atoms in total. The molecule has 0 atom stereocenters. The first-order chi connectivity index (χ1) is 10.2. The van der Waals surface area contributed by atoms with Gasteiger partial charge in [0.15, 0.2) is 0 Å². The van der Waals surface area contributed by atoms with Gasteiger partial charge in [-0.15, -0.1) is 0 Å². The molecule has 1 aromatic heterocycles. The van der Waals surface area contributed by atoms with Crippen molar-refractivity contribution in [1.82, 2.24) is 9.88 Å². The minimum Gasteiger partial charge on any atom is -0.465 e. The number of carbonyl (C=O) groups excluding carboxylic acids is 2. The van der Waals surface area contributed by atoms with Gasteiger partial charge in [-0.05, 0) is 37.5 Å². The maximum atomic E-state index is 11.3. The third kappa shape index (κ3) is 6.70. The van der Waals surface area contributed by atoms with Crippen molar-refractivity contribution in [2.45, 2.75) is 26.2 Å². The van der Waals surface area contributed by atoms with Gasteiger partial charge in [-0.1, -0.05) is 12.7 Å². The van der Waals surface area contributed by atoms with Crippen molar-refractivity contribution in [3.8, 4) is 0 Å². The Morgan fingerprint density at radius 2 is 2.14 bits per heavy atom. The molecular formula is C16H22N2O3. The summed E-state index contributed by atoms with van der Waals surface area (Å²) in [5.41, 5.74) is 1.11. The quantitative estimate of drug-likeness (QED) is 0.798. The van der Waals surface area contributed by atoms with Crippen LogP contribution in [0, 0.1) is 0 Å². The molecule has 0 bridgehead atoms. The molecule has 0 unspecified atom stereocenters. The van der Waals surface area contributed by atoms with Gasteiger partial charge in [0, 0.05) is 25.4 Å². The van der Waals surface area contributed by atoms with Crippen LogP contribution in [0.1, 0.15) is 31.7 Å². The number of piperidine rings is 1. The average Bonchev–Trinajstić information content (AvgIpc) is 2.51. The van der Waals surface area contributed by atoms with Gasteiger partial charge >= 0.3 is 5.97 Å². The van der Waals surface area contributed by atoms with E-state index in [1.54, 1.807) is 30.3 Å². The Bertz CT molecular complexity index is 460. The smallest absolute Gasteiger partial charge is 0.325 e. The molecule has 0 N–H and O–H groups in total. The lowest BCUT2D eigenvalue weighted by Crippen LogP contribution is -2.39. The SMILES string of the molecule is C=Cc1ccncc1.CCOC(=O)CN1CCCCC1=O. The van der Waals surface area contributed by atoms with E-state index in [1.807, 2.05) is 12.1 Å². The van der Waals surface area contributed by atoms with Crippen molar-refractivity contribution >= 4 is 18.0 Å². The van der Waals surface area contributed by atoms with Crippen LogP contribution in [0.25, 0.3) is 6.08 Å². The number of pyridine rings is 1. The summed E-state index contributed by atoms with van der Waals surface area (Å²) in [5.74, 6) is -0.239. The van der Waals surface area contributed by atoms with Gasteiger partial charge in [0.1, 0.15) is 6.54 Å². The average molecular weight is 290 g/mol. The molecule has 1 aliphatic rings. The first-order valence-corrected chi connectivity index (χ1v) is 7.13. The molecule has 5 heteroatoms. The maximum Gasteiger partial charge on any atom is 0.325 e. The molecule has 0 aliphatic carbocycles. The Hall–Kier alpha value is -2.17. The highest BCUT2D eigenvalue weighted by Crippen LogP contribution is 2.09. The number of aromatic nitrogens is 1. The Morgan fingerprint density at radius 3 is 2.67 bits per heavy atom. The second kappa shape index (κ2) is 9.69. The lowest BCUT2D eigenvalue weighted by atomic mass is 10.1. The summed E-state index contributed by atoms with van der Waals surface area (Å²) in [6, 6.07) is 3.82. The second-order valence-corrected chi connectivity index (χ2v) is 4.56. The summed E-state index contributed by atoms with van der Waals surface area (Å²) in [5, 5.41) is 0. The molecule has 0 radical (unpaired) electrons. The predicted molar refractivity (Wildman–Crippen MR) is 81.4 cm³/mol. The lowest BCUT2D eigenvalue weighted by Gasteiger charge is -2.25. The number of carbonyl (C=O) groups is 2. The number of ether oxygens (including phenoxy) is 1. The normalized spacial score (nSPS) is 14.0. The van der Waals surface area contributed by atoms with E-state index in [2.05, 4.69) is 11.6 Å². The van der Waals surface area contributed by atoms with Gasteiger partial charge in [-0.25, -0.2) is 0 Å². The van der Waals surface area contributed by atoms with Crippen LogP contribution in [-0.4, -0.2) is 41.5 Å². The van der Waals surface area contributed by atoms with Crippen LogP contribution in [0.15, 0.2) is 31.1 Å². The molecule has 1 amide bonds. The fraction of sp³-hybridized carbons (Fsp3) is 0.438. The first kappa shape index (κ1) is 16.9. The van der Waals surface area contributed by atoms with E-state index >= 15 is 0 Å². The zero-order chi connectivity index (χ0) is 15.5. The first-order valence-electron chi connectivity index (χ1n) is 7.13. The van der Waals surface area contributed by atoms with Crippen molar-refractivity contribution in [2.75, 3.05) is 19.7 Å². The van der Waals surface area contributed by atoms with Crippen LogP contribution in [0.5, 0.6) is 0 Å². The standard InChI is InChI=1S/C9H15NO3.C7H7N/c1-2-13-9(12)7-10-6-4-3-5-8(10)11;1-2-7-3-5-8-6-4-7/h2-7H2,1H3;2-6H,1H2. The second-order valence-electron chi connectivity index (χ2n) is 4.56. The van der Waals surface area contributed by atoms with Crippen molar-refractivity contribution in [3.63, 3.8) is 0 Å². The number of esters is 1. The molecule has 114 valence electrons. The van der Waals surface area contributed by atoms with Crippen LogP contribution in [0.2, 0.25) is 0 Å². The zero-order valence-corrected chi connectivity index (χ0v) is 12.5. The van der Waals surface area contributed by atoms with Gasteiger partial charge in [0.05, 0.1) is 6.61 Å². The fourth-order valence-electron chi connectivity index (χ4n) is 1.89. The number of nitrogens with zero attached hydrogens (tertiary/aromatic N) is 2. The van der Waals surface area contributed by atoms with Crippen molar-refractivity contribution < 1.29 is 14.3 Å². The van der Waals surface area contributed by atoms with E-state index in [4.69, 9.17) is 4.74 Å². The third-order valence-corrected chi connectivity index (χ3v) is 2.99. The molecule has 2 heterocycles. The molecule has 2 rings (SSSR count). The van der Waals surface area contributed by atoms with Crippen LogP contribution in [-0.2, 0) is 14.3 Å². The molecule has 0 aromatic carbocycles. The van der Waals surface area contributed by atoms with Crippen molar-refractivity contribution in [1.29, 1.82) is 0 Å². The minimum atomic E-state index is -0.308. The van der Waals surface area contributed by atoms with Gasteiger partial charge in [-0.3, -0.25) is 14.6 Å². The highest BCUT2D eigenvalue weighted by molar-refractivity contribution is 5.82. The highest BCUT2D eigenvalue weighted by atomic mass is 16.5. The minimum absolute atomic E-state index is 0.0688. The molecule has 0 spiro atoms. The largest absolute Gasteiger partial charge is 0.465 e. The number of hydrogen-bond donors (Lipinski definition) is 0. The predicted octanol–water partition coefficient (Wildman–Crippen LogP) is 2.29. The van der Waals surface area contributed by atoms with Crippen LogP contribution >= 0.6 is 0 Å². The van der Waals surface area contributed by atoms with E-state index in [0.717, 1.165) is 18.4 Å². The Balaban J connectivity index is 0.000000235. The summed E-state index contributed by atoms with van der Waals surface area (Å²) < 4.78 is 4.76. The molecule has 1 aromatic rings. The van der Waals surface area contributed by atoms with Gasteiger partial charge in [-0.2, -0.15) is 0 Å². The van der Waals surface area contributed by atoms with E-state index in [9.17, 15) is 9.59 Å². The van der Waals surface area contributed by atoms with E-state index < -0.39 is 0 Å². The van der Waals surface area contributed by atoms with Crippen LogP contribution < -0.4 is 0 Å². The molecule has 0 saturated carbocycles. The van der Waals surface area contributed by atoms with Crippen LogP contribution in [0.4, 0.5) is 0 Å². The summed E-state index contributed by atoms with van der Waals surface area (Å²) >= 11 is 0. The monoisotopic (exact) mass is 290 g/mol. The summed E-state index contributed by atoms with van der Waals surface area (Å²) in [4.78, 5) is 27.7. The van der Waals surface area contributed by atoms with Crippen molar-refractivity contribution in [3.05, 3.63) is 36.7 Å². The summed E-state index contributed by atoms with van der Waals surface area (Å²) in [6.45, 7) is 6.55. The maximum absolute atomic E-state index is 11.3. The summed E-state index contributed by atoms with van der Waals surface area (Å²) in [7, 11) is 0. The Kier molecular flexibility index (Phi) is 7.79. The third-order valence-electron chi connectivity index (χ3n) is 2.99. The van der Waals surface area contributed by atoms with E-state index in [1.165, 1.54) is 0 Å². The molecule has 1 saturated heterocycles. The molecular weight excluding hydrogens is 268 g/mol. The lowest BCUT2D eigenvalue weighted by molar-refractivity contribution is -0.149. The van der Waals surface area contributed by atoms with Gasteiger partial charge in [0.25, 0.3) is 0 Å². The van der Waals surface area contributed by atoms with E-state index in [-0.39, 0.29) is 18.4 Å². The number of amides is 1. The highest BCUT2D eigenvalue weighted by Gasteiger charge is 2.20. The zero-order valence-electron chi connectivity index (χ0n) is 12.5. The molecule has 1 fully saturated rings. The number of hydrogen-bond acceptors (Lipinski definition) is 4. The Labute approximate surface area is 125 Å². The van der Waals surface area contributed by atoms with E-state index in [0.29, 0.717) is 19.6 Å². The molecule has 1 aliphatic heterocycles. The fourth-order valence-corrected chi connectivity index (χ4v) is 1.89. The van der Waals surface area contributed by atoms with Gasteiger partial charge < -0.3 is 9.64 Å². The number of likely N-dealkylation sites (tertiary alicyclic amines) is 1. The molecule has 21 heavy (non-hydrogen) atoms. The van der Waals surface area contributed by atoms with Gasteiger partial charge in [0.2, 0.25) is 5.91 Å². The van der Waals surface area contributed by atoms with Crippen LogP contribution in [0.3, 0.4) is 0 Å². The Morgan fingerprint density at radius 1 is 1.43 bits per heavy atom. The van der Waals surface area contributed by atoms with Crippen molar-refractivity contribution in [2.24, 2.45) is 0 Å². The number of rotatable bonds is 4.